The summed E-state index contributed by atoms with van der Waals surface area (Å²) >= 11 is 0. The van der Waals surface area contributed by atoms with Gasteiger partial charge >= 0.3 is 6.18 Å². The van der Waals surface area contributed by atoms with Crippen molar-refractivity contribution in [1.29, 1.82) is 0 Å². The van der Waals surface area contributed by atoms with Crippen LogP contribution in [-0.4, -0.2) is 38.1 Å². The number of halogens is 3. The molecule has 1 aliphatic heterocycles. The van der Waals surface area contributed by atoms with Gasteiger partial charge in [0.2, 0.25) is 0 Å². The largest absolute Gasteiger partial charge is 0.416 e. The van der Waals surface area contributed by atoms with Crippen molar-refractivity contribution in [3.8, 4) is 0 Å². The second-order valence-electron chi connectivity index (χ2n) is 4.54. The minimum atomic E-state index is -4.62. The zero-order valence-corrected chi connectivity index (χ0v) is 11.1. The third-order valence-electron chi connectivity index (χ3n) is 3.16. The van der Waals surface area contributed by atoms with E-state index in [4.69, 9.17) is 4.74 Å². The molecule has 2 unspecified atom stereocenters. The van der Waals surface area contributed by atoms with E-state index in [2.05, 4.69) is 0 Å². The number of aliphatic hydroxyl groups excluding tert-OH is 1. The fourth-order valence-electron chi connectivity index (χ4n) is 2.02. The van der Waals surface area contributed by atoms with E-state index < -0.39 is 37.8 Å². The zero-order valence-electron chi connectivity index (χ0n) is 10.3. The fourth-order valence-corrected chi connectivity index (χ4v) is 3.76. The van der Waals surface area contributed by atoms with Gasteiger partial charge in [0.1, 0.15) is 5.25 Å². The van der Waals surface area contributed by atoms with E-state index in [0.717, 1.165) is 18.2 Å². The summed E-state index contributed by atoms with van der Waals surface area (Å²) in [6.07, 6.45) is -5.61. The number of aliphatic hydroxyl groups is 1. The lowest BCUT2D eigenvalue weighted by Gasteiger charge is -2.27. The average Bonchev–Trinajstić information content (AvgIpc) is 2.38. The lowest BCUT2D eigenvalue weighted by Crippen LogP contribution is -2.42. The lowest BCUT2D eigenvalue weighted by atomic mass is 10.1. The highest BCUT2D eigenvalue weighted by atomic mass is 32.2. The van der Waals surface area contributed by atoms with Crippen LogP contribution in [0.4, 0.5) is 13.2 Å². The standard InChI is InChI=1S/C12H13F3O4S/c13-12(14,15)8-2-1-3-9(6-8)20(17,18)11-7-19-5-4-10(11)16/h1-3,6,10-11,16H,4-5,7H2. The summed E-state index contributed by atoms with van der Waals surface area (Å²) in [4.78, 5) is -0.457. The number of alkyl halides is 3. The number of benzene rings is 1. The van der Waals surface area contributed by atoms with Crippen LogP contribution in [0.5, 0.6) is 0 Å². The molecule has 2 rings (SSSR count). The summed E-state index contributed by atoms with van der Waals surface area (Å²) in [5.41, 5.74) is -1.04. The molecule has 0 saturated carbocycles. The van der Waals surface area contributed by atoms with Crippen molar-refractivity contribution in [1.82, 2.24) is 0 Å². The molecule has 0 spiro atoms. The molecule has 2 atom stereocenters. The van der Waals surface area contributed by atoms with Gasteiger partial charge in [-0.15, -0.1) is 0 Å². The number of sulfone groups is 1. The first-order valence-corrected chi connectivity index (χ1v) is 7.44. The Morgan fingerprint density at radius 1 is 1.30 bits per heavy atom. The van der Waals surface area contributed by atoms with E-state index >= 15 is 0 Å². The van der Waals surface area contributed by atoms with Crippen LogP contribution in [0.15, 0.2) is 29.2 Å². The molecular weight excluding hydrogens is 297 g/mol. The van der Waals surface area contributed by atoms with Crippen LogP contribution in [0.25, 0.3) is 0 Å². The average molecular weight is 310 g/mol. The highest BCUT2D eigenvalue weighted by molar-refractivity contribution is 7.92. The molecule has 0 aromatic heterocycles. The Hall–Kier alpha value is -1.12. The topological polar surface area (TPSA) is 63.6 Å². The van der Waals surface area contributed by atoms with Crippen molar-refractivity contribution in [3.05, 3.63) is 29.8 Å². The minimum absolute atomic E-state index is 0.142. The van der Waals surface area contributed by atoms with Gasteiger partial charge in [-0.05, 0) is 24.6 Å². The van der Waals surface area contributed by atoms with E-state index in [1.54, 1.807) is 0 Å². The van der Waals surface area contributed by atoms with Crippen molar-refractivity contribution in [2.75, 3.05) is 13.2 Å². The molecule has 1 saturated heterocycles. The summed E-state index contributed by atoms with van der Waals surface area (Å²) in [5.74, 6) is 0. The van der Waals surface area contributed by atoms with Crippen molar-refractivity contribution < 1.29 is 31.4 Å². The van der Waals surface area contributed by atoms with Gasteiger partial charge in [0, 0.05) is 6.61 Å². The second-order valence-corrected chi connectivity index (χ2v) is 6.71. The lowest BCUT2D eigenvalue weighted by molar-refractivity contribution is -0.137. The molecule has 1 aliphatic rings. The Bertz CT molecular complexity index is 583. The summed E-state index contributed by atoms with van der Waals surface area (Å²) < 4.78 is 67.4. The maximum absolute atomic E-state index is 12.6. The normalized spacial score (nSPS) is 24.6. The summed E-state index contributed by atoms with van der Waals surface area (Å²) in [7, 11) is -4.07. The minimum Gasteiger partial charge on any atom is -0.392 e. The quantitative estimate of drug-likeness (QED) is 0.902. The zero-order chi connectivity index (χ0) is 15.0. The number of rotatable bonds is 2. The maximum Gasteiger partial charge on any atom is 0.416 e. The van der Waals surface area contributed by atoms with Gasteiger partial charge in [0.25, 0.3) is 0 Å². The van der Waals surface area contributed by atoms with Gasteiger partial charge in [0.05, 0.1) is 23.2 Å². The molecular formula is C12H13F3O4S. The molecule has 4 nitrogen and oxygen atoms in total. The first kappa shape index (κ1) is 15.3. The molecule has 0 bridgehead atoms. The first-order valence-electron chi connectivity index (χ1n) is 5.90. The van der Waals surface area contributed by atoms with Crippen molar-refractivity contribution in [2.45, 2.75) is 28.8 Å². The van der Waals surface area contributed by atoms with Gasteiger partial charge in [0.15, 0.2) is 9.84 Å². The predicted octanol–water partition coefficient (Wildman–Crippen LogP) is 1.63. The first-order chi connectivity index (χ1) is 9.23. The molecule has 20 heavy (non-hydrogen) atoms. The van der Waals surface area contributed by atoms with Crippen LogP contribution in [0.2, 0.25) is 0 Å². The molecule has 112 valence electrons. The van der Waals surface area contributed by atoms with Crippen LogP contribution < -0.4 is 0 Å². The monoisotopic (exact) mass is 310 g/mol. The Labute approximate surface area is 114 Å². The molecule has 8 heteroatoms. The molecule has 1 aromatic carbocycles. The third kappa shape index (κ3) is 2.97. The van der Waals surface area contributed by atoms with Crippen LogP contribution in [0.1, 0.15) is 12.0 Å². The van der Waals surface area contributed by atoms with Crippen LogP contribution >= 0.6 is 0 Å². The summed E-state index contributed by atoms with van der Waals surface area (Å²) in [5, 5.41) is 8.48. The molecule has 1 fully saturated rings. The SMILES string of the molecule is O=S(=O)(c1cccc(C(F)(F)F)c1)C1COCCC1O. The molecule has 0 aliphatic carbocycles. The van der Waals surface area contributed by atoms with Gasteiger partial charge in [-0.2, -0.15) is 13.2 Å². The molecule has 1 heterocycles. The van der Waals surface area contributed by atoms with E-state index in [-0.39, 0.29) is 19.6 Å². The van der Waals surface area contributed by atoms with Gasteiger partial charge in [-0.3, -0.25) is 0 Å². The highest BCUT2D eigenvalue weighted by Crippen LogP contribution is 2.32. The van der Waals surface area contributed by atoms with E-state index in [0.29, 0.717) is 6.07 Å². The van der Waals surface area contributed by atoms with Crippen LogP contribution in [-0.2, 0) is 20.8 Å². The Balaban J connectivity index is 2.39. The van der Waals surface area contributed by atoms with E-state index in [1.807, 2.05) is 0 Å². The van der Waals surface area contributed by atoms with Crippen molar-refractivity contribution in [3.63, 3.8) is 0 Å². The molecule has 1 aromatic rings. The predicted molar refractivity (Wildman–Crippen MR) is 63.9 cm³/mol. The van der Waals surface area contributed by atoms with Crippen molar-refractivity contribution in [2.24, 2.45) is 0 Å². The number of hydrogen-bond donors (Lipinski definition) is 1. The van der Waals surface area contributed by atoms with Gasteiger partial charge < -0.3 is 9.84 Å². The third-order valence-corrected chi connectivity index (χ3v) is 5.32. The number of ether oxygens (including phenoxy) is 1. The van der Waals surface area contributed by atoms with Crippen LogP contribution in [0.3, 0.4) is 0 Å². The summed E-state index contributed by atoms with van der Waals surface area (Å²) in [6.45, 7) is 0.00945. The smallest absolute Gasteiger partial charge is 0.392 e. The van der Waals surface area contributed by atoms with Gasteiger partial charge in [-0.25, -0.2) is 8.42 Å². The van der Waals surface area contributed by atoms with Gasteiger partial charge in [-0.1, -0.05) is 6.07 Å². The van der Waals surface area contributed by atoms with E-state index in [9.17, 15) is 26.7 Å². The Morgan fingerprint density at radius 2 is 2.00 bits per heavy atom. The molecule has 0 amide bonds. The summed E-state index contributed by atoms with van der Waals surface area (Å²) in [6, 6.07) is 3.50. The Morgan fingerprint density at radius 3 is 2.60 bits per heavy atom. The second kappa shape index (κ2) is 5.34. The Kier molecular flexibility index (Phi) is 4.08. The number of hydrogen-bond acceptors (Lipinski definition) is 4. The fraction of sp³-hybridized carbons (Fsp3) is 0.500. The molecule has 0 radical (unpaired) electrons. The van der Waals surface area contributed by atoms with E-state index in [1.165, 1.54) is 0 Å². The molecule has 1 N–H and O–H groups in total. The maximum atomic E-state index is 12.6. The highest BCUT2D eigenvalue weighted by Gasteiger charge is 2.38. The van der Waals surface area contributed by atoms with Crippen LogP contribution in [0, 0.1) is 0 Å². The van der Waals surface area contributed by atoms with Crippen molar-refractivity contribution >= 4 is 9.84 Å².